The molecule has 1 unspecified atom stereocenters. The monoisotopic (exact) mass is 398 g/mol. The molecule has 1 rings (SSSR count). The van der Waals surface area contributed by atoms with Crippen molar-refractivity contribution in [2.45, 2.75) is 45.7 Å². The van der Waals surface area contributed by atoms with Gasteiger partial charge in [-0.15, -0.1) is 0 Å². The minimum absolute atomic E-state index is 0.0247. The molecular formula is C17H23BrN2O4. The summed E-state index contributed by atoms with van der Waals surface area (Å²) in [6.07, 6.45) is 0.327. The van der Waals surface area contributed by atoms with E-state index < -0.39 is 24.0 Å². The summed E-state index contributed by atoms with van der Waals surface area (Å²) in [4.78, 5) is 34.9. The number of nitrogens with one attached hydrogen (secondary N) is 2. The zero-order valence-corrected chi connectivity index (χ0v) is 15.6. The first-order chi connectivity index (χ1) is 11.2. The summed E-state index contributed by atoms with van der Waals surface area (Å²) in [6.45, 7) is 5.16. The van der Waals surface area contributed by atoms with Gasteiger partial charge in [0.1, 0.15) is 6.04 Å². The molecule has 0 saturated heterocycles. The van der Waals surface area contributed by atoms with Gasteiger partial charge in [-0.2, -0.15) is 0 Å². The maximum absolute atomic E-state index is 12.2. The number of rotatable bonds is 8. The lowest BCUT2D eigenvalue weighted by Gasteiger charge is -2.21. The maximum atomic E-state index is 12.2. The Morgan fingerprint density at radius 3 is 2.17 bits per heavy atom. The van der Waals surface area contributed by atoms with Crippen LogP contribution in [0.4, 0.5) is 0 Å². The standard InChI is InChI=1S/C17H23BrN2O4/c1-10(2)8-15(17(23)24)20-16(22)9-14(19-11(3)21)12-4-6-13(18)7-5-12/h4-7,10,14-15H,8-9H2,1-3H3,(H,19,21)(H,20,22)(H,23,24)/t14?,15-/m0/s1. The number of benzene rings is 1. The van der Waals surface area contributed by atoms with Crippen molar-refractivity contribution >= 4 is 33.7 Å². The number of carbonyl (C=O) groups is 3. The minimum atomic E-state index is -1.06. The first kappa shape index (κ1) is 20.2. The van der Waals surface area contributed by atoms with Gasteiger partial charge >= 0.3 is 5.97 Å². The predicted molar refractivity (Wildman–Crippen MR) is 94.3 cm³/mol. The van der Waals surface area contributed by atoms with Crippen LogP contribution in [0.15, 0.2) is 28.7 Å². The number of halogens is 1. The Morgan fingerprint density at radius 2 is 1.71 bits per heavy atom. The smallest absolute Gasteiger partial charge is 0.326 e. The summed E-state index contributed by atoms with van der Waals surface area (Å²) in [7, 11) is 0. The van der Waals surface area contributed by atoms with Crippen LogP contribution in [0.1, 0.15) is 45.2 Å². The average molecular weight is 399 g/mol. The first-order valence-electron chi connectivity index (χ1n) is 7.73. The third-order valence-corrected chi connectivity index (χ3v) is 3.91. The van der Waals surface area contributed by atoms with Crippen LogP contribution in [0, 0.1) is 5.92 Å². The van der Waals surface area contributed by atoms with E-state index in [2.05, 4.69) is 26.6 Å². The Labute approximate surface area is 150 Å². The molecule has 0 fully saturated rings. The van der Waals surface area contributed by atoms with Gasteiger partial charge in [0.25, 0.3) is 0 Å². The largest absolute Gasteiger partial charge is 0.480 e. The fourth-order valence-electron chi connectivity index (χ4n) is 2.32. The molecule has 24 heavy (non-hydrogen) atoms. The molecule has 0 spiro atoms. The molecule has 0 heterocycles. The number of amides is 2. The molecule has 0 aromatic heterocycles. The average Bonchev–Trinajstić information content (AvgIpc) is 2.45. The van der Waals surface area contributed by atoms with Crippen molar-refractivity contribution in [1.82, 2.24) is 10.6 Å². The summed E-state index contributed by atoms with van der Waals surface area (Å²) < 4.78 is 0.889. The lowest BCUT2D eigenvalue weighted by molar-refractivity contribution is -0.142. The molecule has 1 aromatic carbocycles. The van der Waals surface area contributed by atoms with Crippen molar-refractivity contribution < 1.29 is 19.5 Å². The molecule has 2 amide bonds. The van der Waals surface area contributed by atoms with Crippen molar-refractivity contribution in [3.63, 3.8) is 0 Å². The Kier molecular flexibility index (Phi) is 7.91. The summed E-state index contributed by atoms with van der Waals surface area (Å²) in [5.74, 6) is -1.59. The predicted octanol–water partition coefficient (Wildman–Crippen LogP) is 2.63. The van der Waals surface area contributed by atoms with E-state index in [1.807, 2.05) is 26.0 Å². The van der Waals surface area contributed by atoms with Crippen molar-refractivity contribution in [3.05, 3.63) is 34.3 Å². The van der Waals surface area contributed by atoms with E-state index in [0.717, 1.165) is 10.0 Å². The quantitative estimate of drug-likeness (QED) is 0.626. The van der Waals surface area contributed by atoms with Gasteiger partial charge in [0.2, 0.25) is 11.8 Å². The second-order valence-corrected chi connectivity index (χ2v) is 7.01. The van der Waals surface area contributed by atoms with Crippen LogP contribution in [0.2, 0.25) is 0 Å². The fourth-order valence-corrected chi connectivity index (χ4v) is 2.59. The molecule has 0 aliphatic heterocycles. The highest BCUT2D eigenvalue weighted by Gasteiger charge is 2.23. The van der Waals surface area contributed by atoms with Crippen molar-refractivity contribution in [1.29, 1.82) is 0 Å². The first-order valence-corrected chi connectivity index (χ1v) is 8.53. The van der Waals surface area contributed by atoms with E-state index in [1.165, 1.54) is 6.92 Å². The van der Waals surface area contributed by atoms with Gasteiger partial charge in [0, 0.05) is 11.4 Å². The molecule has 132 valence electrons. The van der Waals surface area contributed by atoms with Gasteiger partial charge in [-0.25, -0.2) is 4.79 Å². The fraction of sp³-hybridized carbons (Fsp3) is 0.471. The van der Waals surface area contributed by atoms with E-state index in [1.54, 1.807) is 12.1 Å². The highest BCUT2D eigenvalue weighted by molar-refractivity contribution is 9.10. The molecule has 1 aromatic rings. The zero-order chi connectivity index (χ0) is 18.3. The summed E-state index contributed by atoms with van der Waals surface area (Å²) in [5, 5.41) is 14.5. The van der Waals surface area contributed by atoms with Crippen LogP contribution in [0.3, 0.4) is 0 Å². The Morgan fingerprint density at radius 1 is 1.12 bits per heavy atom. The van der Waals surface area contributed by atoms with Gasteiger partial charge in [-0.3, -0.25) is 9.59 Å². The van der Waals surface area contributed by atoms with Gasteiger partial charge in [-0.1, -0.05) is 41.9 Å². The van der Waals surface area contributed by atoms with Crippen LogP contribution in [0.5, 0.6) is 0 Å². The Balaban J connectivity index is 2.81. The van der Waals surface area contributed by atoms with E-state index in [9.17, 15) is 19.5 Å². The van der Waals surface area contributed by atoms with Crippen molar-refractivity contribution in [2.75, 3.05) is 0 Å². The van der Waals surface area contributed by atoms with Crippen LogP contribution in [-0.4, -0.2) is 28.9 Å². The maximum Gasteiger partial charge on any atom is 0.326 e. The van der Waals surface area contributed by atoms with Crippen molar-refractivity contribution in [3.8, 4) is 0 Å². The number of hydrogen-bond donors (Lipinski definition) is 3. The van der Waals surface area contributed by atoms with Gasteiger partial charge in [0.05, 0.1) is 12.5 Å². The molecular weight excluding hydrogens is 376 g/mol. The number of hydrogen-bond acceptors (Lipinski definition) is 3. The number of aliphatic carboxylic acids is 1. The molecule has 2 atom stereocenters. The molecule has 6 nitrogen and oxygen atoms in total. The minimum Gasteiger partial charge on any atom is -0.480 e. The molecule has 7 heteroatoms. The number of carboxylic acids is 1. The van der Waals surface area contributed by atoms with Crippen molar-refractivity contribution in [2.24, 2.45) is 5.92 Å². The van der Waals surface area contributed by atoms with Crippen LogP contribution >= 0.6 is 15.9 Å². The SMILES string of the molecule is CC(=O)NC(CC(=O)N[C@@H](CC(C)C)C(=O)O)c1ccc(Br)cc1. The molecule has 0 bridgehead atoms. The lowest BCUT2D eigenvalue weighted by Crippen LogP contribution is -2.43. The van der Waals surface area contributed by atoms with Gasteiger partial charge in [0.15, 0.2) is 0 Å². The molecule has 0 radical (unpaired) electrons. The molecule has 0 aliphatic carbocycles. The number of carbonyl (C=O) groups excluding carboxylic acids is 2. The summed E-state index contributed by atoms with van der Waals surface area (Å²) >= 11 is 3.34. The van der Waals surface area contributed by atoms with E-state index in [0.29, 0.717) is 6.42 Å². The van der Waals surface area contributed by atoms with Crippen LogP contribution in [-0.2, 0) is 14.4 Å². The number of carboxylic acid groups (broad SMARTS) is 1. The lowest BCUT2D eigenvalue weighted by atomic mass is 10.0. The van der Waals surface area contributed by atoms with E-state index >= 15 is 0 Å². The third kappa shape index (κ3) is 7.12. The second-order valence-electron chi connectivity index (χ2n) is 6.10. The molecule has 0 saturated carbocycles. The second kappa shape index (κ2) is 9.42. The van der Waals surface area contributed by atoms with E-state index in [-0.39, 0.29) is 18.2 Å². The highest BCUT2D eigenvalue weighted by Crippen LogP contribution is 2.20. The van der Waals surface area contributed by atoms with Gasteiger partial charge < -0.3 is 15.7 Å². The van der Waals surface area contributed by atoms with E-state index in [4.69, 9.17) is 0 Å². The summed E-state index contributed by atoms with van der Waals surface area (Å²) in [5.41, 5.74) is 0.777. The summed E-state index contributed by atoms with van der Waals surface area (Å²) in [6, 6.07) is 5.81. The van der Waals surface area contributed by atoms with Crippen LogP contribution < -0.4 is 10.6 Å². The van der Waals surface area contributed by atoms with Gasteiger partial charge in [-0.05, 0) is 30.0 Å². The Hall–Kier alpha value is -1.89. The normalized spacial score (nSPS) is 13.2. The zero-order valence-electron chi connectivity index (χ0n) is 14.0. The topological polar surface area (TPSA) is 95.5 Å². The third-order valence-electron chi connectivity index (χ3n) is 3.38. The Bertz CT molecular complexity index is 587. The highest BCUT2D eigenvalue weighted by atomic mass is 79.9. The molecule has 0 aliphatic rings. The van der Waals surface area contributed by atoms with Crippen LogP contribution in [0.25, 0.3) is 0 Å². The molecule has 3 N–H and O–H groups in total.